The van der Waals surface area contributed by atoms with Crippen LogP contribution in [0.25, 0.3) is 0 Å². The van der Waals surface area contributed by atoms with Crippen molar-refractivity contribution in [1.29, 1.82) is 0 Å². The van der Waals surface area contributed by atoms with Gasteiger partial charge in [-0.05, 0) is 30.7 Å². The first-order chi connectivity index (χ1) is 8.79. The molecule has 0 bridgehead atoms. The van der Waals surface area contributed by atoms with Crippen molar-refractivity contribution in [3.8, 4) is 0 Å². The fraction of sp³-hybridized carbons (Fsp3) is 0.533. The Hall–Kier alpha value is -0.960. The molecule has 0 aliphatic heterocycles. The van der Waals surface area contributed by atoms with Crippen LogP contribution in [0.5, 0.6) is 0 Å². The normalized spacial score (nSPS) is 10.3. The van der Waals surface area contributed by atoms with E-state index in [4.69, 9.17) is 4.74 Å². The van der Waals surface area contributed by atoms with Gasteiger partial charge in [-0.2, -0.15) is 0 Å². The standard InChI is InChI=1S/C15H22O2S/c1-3-5-11-17-15(16)13-9-7-8-10-14(13)18-12-6-4-2/h7-10H,3-6,11-12H2,1-2H3. The molecule has 2 nitrogen and oxygen atoms in total. The lowest BCUT2D eigenvalue weighted by Crippen LogP contribution is -2.07. The molecule has 0 spiro atoms. The monoisotopic (exact) mass is 266 g/mol. The summed E-state index contributed by atoms with van der Waals surface area (Å²) in [7, 11) is 0. The van der Waals surface area contributed by atoms with Gasteiger partial charge in [-0.15, -0.1) is 11.8 Å². The summed E-state index contributed by atoms with van der Waals surface area (Å²) in [6.07, 6.45) is 4.32. The van der Waals surface area contributed by atoms with Crippen LogP contribution in [-0.2, 0) is 4.74 Å². The van der Waals surface area contributed by atoms with E-state index in [0.29, 0.717) is 12.2 Å². The first kappa shape index (κ1) is 15.1. The van der Waals surface area contributed by atoms with Gasteiger partial charge in [-0.3, -0.25) is 0 Å². The lowest BCUT2D eigenvalue weighted by atomic mass is 10.2. The second-order valence-corrected chi connectivity index (χ2v) is 5.32. The average Bonchev–Trinajstić information content (AvgIpc) is 2.40. The lowest BCUT2D eigenvalue weighted by molar-refractivity contribution is 0.0495. The smallest absolute Gasteiger partial charge is 0.339 e. The van der Waals surface area contributed by atoms with Gasteiger partial charge in [0.1, 0.15) is 0 Å². The summed E-state index contributed by atoms with van der Waals surface area (Å²) in [5.41, 5.74) is 0.703. The Balaban J connectivity index is 2.59. The van der Waals surface area contributed by atoms with E-state index < -0.39 is 0 Å². The highest BCUT2D eigenvalue weighted by atomic mass is 32.2. The molecule has 0 heterocycles. The van der Waals surface area contributed by atoms with Gasteiger partial charge < -0.3 is 4.74 Å². The number of unbranched alkanes of at least 4 members (excludes halogenated alkanes) is 2. The van der Waals surface area contributed by atoms with Crippen LogP contribution in [-0.4, -0.2) is 18.3 Å². The van der Waals surface area contributed by atoms with Crippen LogP contribution in [0.4, 0.5) is 0 Å². The number of hydrogen-bond donors (Lipinski definition) is 0. The molecule has 0 radical (unpaired) electrons. The molecule has 3 heteroatoms. The van der Waals surface area contributed by atoms with Gasteiger partial charge in [0.05, 0.1) is 12.2 Å². The highest BCUT2D eigenvalue weighted by molar-refractivity contribution is 7.99. The third-order valence-corrected chi connectivity index (χ3v) is 3.75. The highest BCUT2D eigenvalue weighted by Crippen LogP contribution is 2.24. The molecule has 0 N–H and O–H groups in total. The Morgan fingerprint density at radius 3 is 2.61 bits per heavy atom. The van der Waals surface area contributed by atoms with Crippen LogP contribution in [0.15, 0.2) is 29.2 Å². The first-order valence-corrected chi connectivity index (χ1v) is 7.67. The number of esters is 1. The summed E-state index contributed by atoms with van der Waals surface area (Å²) in [6, 6.07) is 7.71. The molecule has 0 unspecified atom stereocenters. The maximum Gasteiger partial charge on any atom is 0.339 e. The van der Waals surface area contributed by atoms with Gasteiger partial charge in [0.25, 0.3) is 0 Å². The third kappa shape index (κ3) is 5.13. The quantitative estimate of drug-likeness (QED) is 0.392. The molecule has 100 valence electrons. The van der Waals surface area contributed by atoms with E-state index in [9.17, 15) is 4.79 Å². The molecule has 0 atom stereocenters. The molecule has 0 saturated carbocycles. The van der Waals surface area contributed by atoms with E-state index in [1.807, 2.05) is 24.3 Å². The van der Waals surface area contributed by atoms with E-state index in [-0.39, 0.29) is 5.97 Å². The van der Waals surface area contributed by atoms with Gasteiger partial charge in [0, 0.05) is 4.90 Å². The number of carbonyl (C=O) groups excluding carboxylic acids is 1. The zero-order valence-electron chi connectivity index (χ0n) is 11.3. The number of hydrogen-bond acceptors (Lipinski definition) is 3. The Bertz CT molecular complexity index is 363. The summed E-state index contributed by atoms with van der Waals surface area (Å²) < 4.78 is 5.26. The summed E-state index contributed by atoms with van der Waals surface area (Å²) in [6.45, 7) is 4.77. The van der Waals surface area contributed by atoms with Crippen molar-refractivity contribution in [3.63, 3.8) is 0 Å². The lowest BCUT2D eigenvalue weighted by Gasteiger charge is -2.08. The third-order valence-electron chi connectivity index (χ3n) is 2.59. The maximum absolute atomic E-state index is 11.9. The predicted molar refractivity (Wildman–Crippen MR) is 77.3 cm³/mol. The van der Waals surface area contributed by atoms with Crippen LogP contribution >= 0.6 is 11.8 Å². The number of thioether (sulfide) groups is 1. The van der Waals surface area contributed by atoms with Crippen molar-refractivity contribution in [1.82, 2.24) is 0 Å². The minimum atomic E-state index is -0.192. The topological polar surface area (TPSA) is 26.3 Å². The van der Waals surface area contributed by atoms with Gasteiger partial charge in [0.2, 0.25) is 0 Å². The van der Waals surface area contributed by atoms with Crippen LogP contribution in [0, 0.1) is 0 Å². The fourth-order valence-corrected chi connectivity index (χ4v) is 2.61. The molecule has 0 aliphatic rings. The molecule has 0 saturated heterocycles. The Labute approximate surface area is 114 Å². The second-order valence-electron chi connectivity index (χ2n) is 4.19. The molecule has 0 amide bonds. The zero-order chi connectivity index (χ0) is 13.2. The van der Waals surface area contributed by atoms with Crippen molar-refractivity contribution in [2.24, 2.45) is 0 Å². The molecular weight excluding hydrogens is 244 g/mol. The molecule has 1 aromatic carbocycles. The van der Waals surface area contributed by atoms with Crippen molar-refractivity contribution in [2.45, 2.75) is 44.4 Å². The molecule has 0 fully saturated rings. The first-order valence-electron chi connectivity index (χ1n) is 6.68. The molecular formula is C15H22O2S. The van der Waals surface area contributed by atoms with E-state index in [2.05, 4.69) is 13.8 Å². The minimum Gasteiger partial charge on any atom is -0.462 e. The van der Waals surface area contributed by atoms with Gasteiger partial charge in [-0.25, -0.2) is 4.79 Å². The van der Waals surface area contributed by atoms with Crippen molar-refractivity contribution >= 4 is 17.7 Å². The number of carbonyl (C=O) groups is 1. The highest BCUT2D eigenvalue weighted by Gasteiger charge is 2.12. The number of rotatable bonds is 8. The van der Waals surface area contributed by atoms with Crippen molar-refractivity contribution in [2.75, 3.05) is 12.4 Å². The SMILES string of the molecule is CCCCOC(=O)c1ccccc1SCCCC. The largest absolute Gasteiger partial charge is 0.462 e. The molecule has 0 aliphatic carbocycles. The zero-order valence-corrected chi connectivity index (χ0v) is 12.1. The molecule has 1 rings (SSSR count). The predicted octanol–water partition coefficient (Wildman–Crippen LogP) is 4.54. The van der Waals surface area contributed by atoms with Crippen LogP contribution in [0.2, 0.25) is 0 Å². The van der Waals surface area contributed by atoms with Crippen molar-refractivity contribution < 1.29 is 9.53 Å². The van der Waals surface area contributed by atoms with E-state index in [0.717, 1.165) is 23.5 Å². The summed E-state index contributed by atoms with van der Waals surface area (Å²) >= 11 is 1.74. The van der Waals surface area contributed by atoms with E-state index >= 15 is 0 Å². The summed E-state index contributed by atoms with van der Waals surface area (Å²) in [5, 5.41) is 0. The van der Waals surface area contributed by atoms with E-state index in [1.165, 1.54) is 12.8 Å². The summed E-state index contributed by atoms with van der Waals surface area (Å²) in [4.78, 5) is 13.0. The van der Waals surface area contributed by atoms with Crippen molar-refractivity contribution in [3.05, 3.63) is 29.8 Å². The molecule has 0 aromatic heterocycles. The van der Waals surface area contributed by atoms with E-state index in [1.54, 1.807) is 11.8 Å². The second kappa shape index (κ2) is 9.03. The molecule has 1 aromatic rings. The Morgan fingerprint density at radius 1 is 1.17 bits per heavy atom. The Kier molecular flexibility index (Phi) is 7.58. The Morgan fingerprint density at radius 2 is 1.89 bits per heavy atom. The number of ether oxygens (including phenoxy) is 1. The van der Waals surface area contributed by atoms with Crippen LogP contribution in [0.1, 0.15) is 49.9 Å². The fourth-order valence-electron chi connectivity index (χ4n) is 1.47. The van der Waals surface area contributed by atoms with Crippen LogP contribution in [0.3, 0.4) is 0 Å². The van der Waals surface area contributed by atoms with Gasteiger partial charge >= 0.3 is 5.97 Å². The minimum absolute atomic E-state index is 0.192. The number of benzene rings is 1. The average molecular weight is 266 g/mol. The summed E-state index contributed by atoms with van der Waals surface area (Å²) in [5.74, 6) is 0.860. The van der Waals surface area contributed by atoms with Crippen LogP contribution < -0.4 is 0 Å². The maximum atomic E-state index is 11.9. The van der Waals surface area contributed by atoms with Gasteiger partial charge in [-0.1, -0.05) is 38.8 Å². The van der Waals surface area contributed by atoms with Gasteiger partial charge in [0.15, 0.2) is 0 Å². The molecule has 18 heavy (non-hydrogen) atoms.